The van der Waals surface area contributed by atoms with Crippen molar-refractivity contribution in [3.63, 3.8) is 0 Å². The van der Waals surface area contributed by atoms with Crippen LogP contribution in [0.2, 0.25) is 0 Å². The number of aryl methyl sites for hydroxylation is 1. The quantitative estimate of drug-likeness (QED) is 0.282. The Kier molecular flexibility index (Phi) is 7.45. The normalized spacial score (nSPS) is 11.0. The van der Waals surface area contributed by atoms with Gasteiger partial charge in [0, 0.05) is 16.8 Å². The molecule has 0 saturated carbocycles. The lowest BCUT2D eigenvalue weighted by atomic mass is 10.2. The number of rotatable bonds is 8. The molecule has 39 heavy (non-hydrogen) atoms. The minimum absolute atomic E-state index is 0.248. The Balaban J connectivity index is 1.48. The van der Waals surface area contributed by atoms with Crippen molar-refractivity contribution in [2.45, 2.75) is 6.92 Å². The van der Waals surface area contributed by atoms with Gasteiger partial charge < -0.3 is 14.8 Å². The Hall–Kier alpha value is -5.24. The smallest absolute Gasteiger partial charge is 0.282 e. The number of ether oxygens (including phenoxy) is 2. The van der Waals surface area contributed by atoms with Gasteiger partial charge in [0.05, 0.1) is 24.2 Å². The Bertz CT molecular complexity index is 1710. The van der Waals surface area contributed by atoms with Crippen molar-refractivity contribution in [2.24, 2.45) is 5.10 Å². The largest absolute Gasteiger partial charge is 0.493 e. The third-order valence-electron chi connectivity index (χ3n) is 6.01. The minimum atomic E-state index is -0.325. The molecule has 0 aliphatic carbocycles. The lowest BCUT2D eigenvalue weighted by Crippen LogP contribution is -2.21. The van der Waals surface area contributed by atoms with Crippen LogP contribution in [0.1, 0.15) is 11.1 Å². The molecular weight excluding hydrogens is 492 g/mol. The molecule has 8 nitrogen and oxygen atoms in total. The fourth-order valence-corrected chi connectivity index (χ4v) is 4.05. The number of nitrogens with one attached hydrogen (secondary N) is 1. The fourth-order valence-electron chi connectivity index (χ4n) is 4.05. The number of hydrogen-bond donors (Lipinski definition) is 1. The first-order valence-electron chi connectivity index (χ1n) is 12.3. The molecular formula is C31H26N4O4. The first-order chi connectivity index (χ1) is 19.0. The summed E-state index contributed by atoms with van der Waals surface area (Å²) in [6.45, 7) is 1.73. The van der Waals surface area contributed by atoms with Crippen LogP contribution < -0.4 is 20.3 Å². The van der Waals surface area contributed by atoms with Crippen molar-refractivity contribution < 1.29 is 14.3 Å². The van der Waals surface area contributed by atoms with Gasteiger partial charge in [-0.25, -0.2) is 4.98 Å². The van der Waals surface area contributed by atoms with Crippen LogP contribution in [0, 0.1) is 6.92 Å². The maximum absolute atomic E-state index is 13.5. The number of nitrogens with zero attached hydrogens (tertiary/aromatic N) is 3. The van der Waals surface area contributed by atoms with E-state index in [-0.39, 0.29) is 18.1 Å². The standard InChI is InChI=1S/C31H26N4O4/c1-21-15-17-24(18-16-21)33-28(36)20-39-29-23(11-8-14-27(29)38-2)19-32-35-30(22-9-4-3-5-10-22)34-26-13-7-6-12-25(26)31(35)37/h3-19H,20H2,1-2H3,(H,33,36). The molecule has 0 spiro atoms. The van der Waals surface area contributed by atoms with Crippen LogP contribution in [0.15, 0.2) is 107 Å². The van der Waals surface area contributed by atoms with Gasteiger partial charge in [0.25, 0.3) is 11.5 Å². The monoisotopic (exact) mass is 518 g/mol. The number of benzene rings is 4. The van der Waals surface area contributed by atoms with Gasteiger partial charge in [0.2, 0.25) is 0 Å². The van der Waals surface area contributed by atoms with Crippen molar-refractivity contribution in [1.82, 2.24) is 9.66 Å². The summed E-state index contributed by atoms with van der Waals surface area (Å²) in [7, 11) is 1.51. The molecule has 0 bridgehead atoms. The molecule has 0 saturated heterocycles. The number of para-hydroxylation sites is 2. The van der Waals surface area contributed by atoms with Crippen LogP contribution in [0.5, 0.6) is 11.5 Å². The molecule has 1 amide bonds. The van der Waals surface area contributed by atoms with E-state index in [9.17, 15) is 9.59 Å². The molecule has 194 valence electrons. The maximum atomic E-state index is 13.5. The molecule has 0 radical (unpaired) electrons. The molecule has 0 atom stereocenters. The molecule has 8 heteroatoms. The second-order valence-electron chi connectivity index (χ2n) is 8.76. The third kappa shape index (κ3) is 5.70. The summed E-state index contributed by atoms with van der Waals surface area (Å²) in [6.07, 6.45) is 1.50. The number of methoxy groups -OCH3 is 1. The van der Waals surface area contributed by atoms with Crippen molar-refractivity contribution in [3.05, 3.63) is 119 Å². The van der Waals surface area contributed by atoms with Gasteiger partial charge in [-0.2, -0.15) is 9.78 Å². The van der Waals surface area contributed by atoms with E-state index in [2.05, 4.69) is 10.4 Å². The average Bonchev–Trinajstić information content (AvgIpc) is 2.97. The van der Waals surface area contributed by atoms with Crippen molar-refractivity contribution in [3.8, 4) is 22.9 Å². The van der Waals surface area contributed by atoms with E-state index < -0.39 is 0 Å². The highest BCUT2D eigenvalue weighted by Crippen LogP contribution is 2.30. The third-order valence-corrected chi connectivity index (χ3v) is 6.01. The number of amides is 1. The molecule has 0 fully saturated rings. The first kappa shape index (κ1) is 25.4. The molecule has 0 aliphatic heterocycles. The summed E-state index contributed by atoms with van der Waals surface area (Å²) >= 11 is 0. The lowest BCUT2D eigenvalue weighted by molar-refractivity contribution is -0.118. The van der Waals surface area contributed by atoms with Crippen molar-refractivity contribution in [2.75, 3.05) is 19.0 Å². The highest BCUT2D eigenvalue weighted by molar-refractivity contribution is 5.92. The zero-order valence-electron chi connectivity index (χ0n) is 21.5. The maximum Gasteiger partial charge on any atom is 0.282 e. The Morgan fingerprint density at radius 3 is 2.46 bits per heavy atom. The number of carbonyl (C=O) groups excluding carboxylic acids is 1. The topological polar surface area (TPSA) is 94.8 Å². The van der Waals surface area contributed by atoms with E-state index in [0.717, 1.165) is 11.1 Å². The van der Waals surface area contributed by atoms with Crippen molar-refractivity contribution in [1.29, 1.82) is 0 Å². The summed E-state index contributed by atoms with van der Waals surface area (Å²) in [5.41, 5.74) is 3.31. The number of fused-ring (bicyclic) bond motifs is 1. The summed E-state index contributed by atoms with van der Waals surface area (Å²) in [5.74, 6) is 0.826. The average molecular weight is 519 g/mol. The van der Waals surface area contributed by atoms with E-state index in [1.54, 1.807) is 36.4 Å². The van der Waals surface area contributed by atoms with Gasteiger partial charge in [-0.3, -0.25) is 9.59 Å². The van der Waals surface area contributed by atoms with E-state index in [4.69, 9.17) is 14.5 Å². The van der Waals surface area contributed by atoms with E-state index in [0.29, 0.717) is 39.5 Å². The van der Waals surface area contributed by atoms with Crippen molar-refractivity contribution >= 4 is 28.7 Å². The molecule has 1 heterocycles. The summed E-state index contributed by atoms with van der Waals surface area (Å²) in [6, 6.07) is 29.3. The number of anilines is 1. The van der Waals surface area contributed by atoms with Crippen LogP contribution in [0.25, 0.3) is 22.3 Å². The second-order valence-corrected chi connectivity index (χ2v) is 8.76. The van der Waals surface area contributed by atoms with Crippen LogP contribution in [-0.2, 0) is 4.79 Å². The molecule has 5 aromatic rings. The van der Waals surface area contributed by atoms with E-state index in [1.807, 2.05) is 67.6 Å². The molecule has 1 aromatic heterocycles. The Morgan fingerprint density at radius 1 is 0.949 bits per heavy atom. The predicted molar refractivity (Wildman–Crippen MR) is 153 cm³/mol. The van der Waals surface area contributed by atoms with Crippen LogP contribution >= 0.6 is 0 Å². The molecule has 5 rings (SSSR count). The van der Waals surface area contributed by atoms with Gasteiger partial charge in [-0.1, -0.05) is 66.2 Å². The first-order valence-corrected chi connectivity index (χ1v) is 12.3. The summed E-state index contributed by atoms with van der Waals surface area (Å²) < 4.78 is 12.6. The predicted octanol–water partition coefficient (Wildman–Crippen LogP) is 5.28. The highest BCUT2D eigenvalue weighted by Gasteiger charge is 2.15. The SMILES string of the molecule is COc1cccc(C=Nn2c(-c3ccccc3)nc3ccccc3c2=O)c1OCC(=O)Nc1ccc(C)cc1. The van der Waals surface area contributed by atoms with Crippen LogP contribution in [-0.4, -0.2) is 35.5 Å². The van der Waals surface area contributed by atoms with E-state index >= 15 is 0 Å². The van der Waals surface area contributed by atoms with Crippen LogP contribution in [0.4, 0.5) is 5.69 Å². The van der Waals surface area contributed by atoms with E-state index in [1.165, 1.54) is 18.0 Å². The summed E-state index contributed by atoms with van der Waals surface area (Å²) in [4.78, 5) is 30.7. The summed E-state index contributed by atoms with van der Waals surface area (Å²) in [5, 5.41) is 7.78. The van der Waals surface area contributed by atoms with Gasteiger partial charge in [0.1, 0.15) is 0 Å². The number of hydrogen-bond acceptors (Lipinski definition) is 6. The minimum Gasteiger partial charge on any atom is -0.493 e. The van der Waals surface area contributed by atoms with Gasteiger partial charge in [-0.15, -0.1) is 0 Å². The fraction of sp³-hybridized carbons (Fsp3) is 0.0968. The second kappa shape index (κ2) is 11.4. The zero-order chi connectivity index (χ0) is 27.2. The lowest BCUT2D eigenvalue weighted by Gasteiger charge is -2.14. The molecule has 4 aromatic carbocycles. The molecule has 1 N–H and O–H groups in total. The Morgan fingerprint density at radius 2 is 1.69 bits per heavy atom. The number of carbonyl (C=O) groups is 1. The molecule has 0 unspecified atom stereocenters. The Labute approximate surface area is 225 Å². The van der Waals surface area contributed by atoms with Gasteiger partial charge in [-0.05, 0) is 43.3 Å². The zero-order valence-corrected chi connectivity index (χ0v) is 21.5. The number of aromatic nitrogens is 2. The highest BCUT2D eigenvalue weighted by atomic mass is 16.5. The van der Waals surface area contributed by atoms with Gasteiger partial charge >= 0.3 is 0 Å². The molecule has 0 aliphatic rings. The van der Waals surface area contributed by atoms with Gasteiger partial charge in [0.15, 0.2) is 23.9 Å². The van der Waals surface area contributed by atoms with Crippen LogP contribution in [0.3, 0.4) is 0 Å².